The molecule has 0 radical (unpaired) electrons. The minimum atomic E-state index is -0.145. The summed E-state index contributed by atoms with van der Waals surface area (Å²) in [6, 6.07) is 14.1. The van der Waals surface area contributed by atoms with Crippen LogP contribution in [-0.2, 0) is 0 Å². The van der Waals surface area contributed by atoms with Gasteiger partial charge < -0.3 is 4.40 Å². The monoisotopic (exact) mass is 449 g/mol. The molecule has 0 saturated carbocycles. The van der Waals surface area contributed by atoms with Gasteiger partial charge in [-0.2, -0.15) is 0 Å². The molecule has 4 nitrogen and oxygen atoms in total. The van der Waals surface area contributed by atoms with Crippen LogP contribution < -0.4 is 16.3 Å². The Morgan fingerprint density at radius 3 is 1.35 bits per heavy atom. The molecule has 0 bridgehead atoms. The van der Waals surface area contributed by atoms with Crippen molar-refractivity contribution in [3.8, 4) is 0 Å². The van der Waals surface area contributed by atoms with Crippen LogP contribution in [0.2, 0.25) is 0 Å². The van der Waals surface area contributed by atoms with Gasteiger partial charge in [0.05, 0.1) is 16.6 Å². The zero-order valence-corrected chi connectivity index (χ0v) is 15.3. The lowest BCUT2D eigenvalue weighted by atomic mass is 9.98. The first-order valence-corrected chi connectivity index (χ1v) is 9.19. The fourth-order valence-electron chi connectivity index (χ4n) is 4.26. The Morgan fingerprint density at radius 1 is 0.577 bits per heavy atom. The number of hydrogen-bond donors (Lipinski definition) is 0. The molecule has 5 heteroatoms. The van der Waals surface area contributed by atoms with Crippen LogP contribution in [0, 0.1) is 3.57 Å². The van der Waals surface area contributed by atoms with Crippen LogP contribution in [-0.4, -0.2) is 4.40 Å². The maximum absolute atomic E-state index is 13.1. The minimum absolute atomic E-state index is 0.142. The van der Waals surface area contributed by atoms with E-state index in [1.165, 1.54) is 0 Å². The van der Waals surface area contributed by atoms with Gasteiger partial charge in [-0.05, 0) is 59.0 Å². The zero-order valence-electron chi connectivity index (χ0n) is 13.2. The molecule has 0 amide bonds. The summed E-state index contributed by atoms with van der Waals surface area (Å²) < 4.78 is 2.78. The molecule has 6 aromatic rings. The number of hydrogen-bond acceptors (Lipinski definition) is 3. The van der Waals surface area contributed by atoms with E-state index in [1.54, 1.807) is 36.4 Å². The Bertz CT molecular complexity index is 1580. The van der Waals surface area contributed by atoms with Gasteiger partial charge in [0.1, 0.15) is 0 Å². The van der Waals surface area contributed by atoms with E-state index < -0.39 is 0 Å². The van der Waals surface area contributed by atoms with Gasteiger partial charge in [-0.3, -0.25) is 14.4 Å². The molecule has 0 saturated heterocycles. The molecular weight excluding hydrogens is 441 g/mol. The summed E-state index contributed by atoms with van der Waals surface area (Å²) in [6.07, 6.45) is 0. The number of benzene rings is 3. The number of nitrogens with zero attached hydrogens (tertiary/aromatic N) is 1. The first-order valence-electron chi connectivity index (χ1n) is 8.11. The molecule has 0 atom stereocenters. The average molecular weight is 449 g/mol. The van der Waals surface area contributed by atoms with Crippen molar-refractivity contribution in [1.82, 2.24) is 4.40 Å². The lowest BCUT2D eigenvalue weighted by molar-refractivity contribution is 1.31. The molecule has 6 rings (SSSR count). The second kappa shape index (κ2) is 4.48. The number of aromatic nitrogens is 1. The number of pyridine rings is 3. The summed E-state index contributed by atoms with van der Waals surface area (Å²) in [5.74, 6) is 0. The summed E-state index contributed by atoms with van der Waals surface area (Å²) in [4.78, 5) is 39.3. The van der Waals surface area contributed by atoms with Crippen LogP contribution >= 0.6 is 22.6 Å². The third-order valence-electron chi connectivity index (χ3n) is 5.29. The Hall–Kier alpha value is -2.80. The fraction of sp³-hybridized carbons (Fsp3) is 0. The van der Waals surface area contributed by atoms with Crippen molar-refractivity contribution in [2.45, 2.75) is 0 Å². The summed E-state index contributed by atoms with van der Waals surface area (Å²) in [7, 11) is 0. The molecule has 3 aromatic heterocycles. The van der Waals surface area contributed by atoms with Crippen LogP contribution in [0.5, 0.6) is 0 Å². The Kier molecular flexibility index (Phi) is 2.48. The maximum Gasteiger partial charge on any atom is 0.197 e. The minimum Gasteiger partial charge on any atom is -0.306 e. The quantitative estimate of drug-likeness (QED) is 0.203. The van der Waals surface area contributed by atoms with Gasteiger partial charge >= 0.3 is 0 Å². The topological polar surface area (TPSA) is 55.6 Å². The fourth-order valence-corrected chi connectivity index (χ4v) is 4.88. The lowest BCUT2D eigenvalue weighted by Crippen LogP contribution is -2.19. The van der Waals surface area contributed by atoms with E-state index in [-0.39, 0.29) is 16.3 Å². The predicted molar refractivity (Wildman–Crippen MR) is 113 cm³/mol. The molecule has 0 unspecified atom stereocenters. The molecule has 26 heavy (non-hydrogen) atoms. The normalized spacial score (nSPS) is 12.5. The van der Waals surface area contributed by atoms with Crippen molar-refractivity contribution in [2.75, 3.05) is 0 Å². The van der Waals surface area contributed by atoms with Gasteiger partial charge in [-0.25, -0.2) is 0 Å². The highest BCUT2D eigenvalue weighted by atomic mass is 127. The van der Waals surface area contributed by atoms with Crippen molar-refractivity contribution in [3.05, 3.63) is 82.8 Å². The zero-order chi connectivity index (χ0) is 17.7. The molecule has 0 fully saturated rings. The molecule has 0 aliphatic heterocycles. The van der Waals surface area contributed by atoms with E-state index in [9.17, 15) is 14.4 Å². The van der Waals surface area contributed by atoms with E-state index in [0.717, 1.165) is 3.57 Å². The van der Waals surface area contributed by atoms with Crippen LogP contribution in [0.1, 0.15) is 0 Å². The van der Waals surface area contributed by atoms with Gasteiger partial charge in [-0.1, -0.05) is 12.1 Å². The van der Waals surface area contributed by atoms with Gasteiger partial charge in [0, 0.05) is 35.9 Å². The number of halogens is 1. The van der Waals surface area contributed by atoms with E-state index in [2.05, 4.69) is 22.6 Å². The smallest absolute Gasteiger partial charge is 0.197 e. The third kappa shape index (κ3) is 1.45. The van der Waals surface area contributed by atoms with E-state index in [0.29, 0.717) is 48.9 Å². The van der Waals surface area contributed by atoms with Crippen molar-refractivity contribution in [3.63, 3.8) is 0 Å². The van der Waals surface area contributed by atoms with Crippen molar-refractivity contribution in [1.29, 1.82) is 0 Å². The predicted octanol–water partition coefficient (Wildman–Crippen LogP) is 3.55. The first kappa shape index (κ1) is 14.4. The Morgan fingerprint density at radius 2 is 0.923 bits per heavy atom. The molecule has 3 heterocycles. The molecule has 122 valence electrons. The van der Waals surface area contributed by atoms with Crippen molar-refractivity contribution in [2.24, 2.45) is 0 Å². The summed E-state index contributed by atoms with van der Waals surface area (Å²) >= 11 is 2.13. The molecule has 0 aliphatic rings. The second-order valence-corrected chi connectivity index (χ2v) is 7.82. The highest BCUT2D eigenvalue weighted by Crippen LogP contribution is 2.32. The highest BCUT2D eigenvalue weighted by molar-refractivity contribution is 14.1. The molecular formula is C21H8INO3. The summed E-state index contributed by atoms with van der Waals surface area (Å²) in [5, 5.41) is 3.05. The van der Waals surface area contributed by atoms with Crippen molar-refractivity contribution >= 4 is 71.5 Å². The van der Waals surface area contributed by atoms with Gasteiger partial charge in [-0.15, -0.1) is 0 Å². The second-order valence-electron chi connectivity index (χ2n) is 6.58. The van der Waals surface area contributed by atoms with Gasteiger partial charge in [0.2, 0.25) is 0 Å². The first-order chi connectivity index (χ1) is 12.6. The van der Waals surface area contributed by atoms with E-state index in [1.807, 2.05) is 16.5 Å². The maximum atomic E-state index is 13.1. The average Bonchev–Trinajstić information content (AvgIpc) is 2.65. The van der Waals surface area contributed by atoms with E-state index in [4.69, 9.17) is 0 Å². The SMILES string of the molecule is O=c1c2cccc3c(=O)c4cc(I)cc5c(=O)c6cccc1c6n(c23)c45. The van der Waals surface area contributed by atoms with Gasteiger partial charge in [0.25, 0.3) is 0 Å². The van der Waals surface area contributed by atoms with Crippen LogP contribution in [0.25, 0.3) is 48.9 Å². The summed E-state index contributed by atoms with van der Waals surface area (Å²) in [5.41, 5.74) is 1.38. The van der Waals surface area contributed by atoms with Crippen LogP contribution in [0.15, 0.2) is 62.9 Å². The molecule has 3 aromatic carbocycles. The van der Waals surface area contributed by atoms with Crippen LogP contribution in [0.4, 0.5) is 0 Å². The largest absolute Gasteiger partial charge is 0.306 e. The number of rotatable bonds is 0. The van der Waals surface area contributed by atoms with Crippen molar-refractivity contribution < 1.29 is 0 Å². The molecule has 0 aliphatic carbocycles. The highest BCUT2D eigenvalue weighted by Gasteiger charge is 2.22. The Balaban J connectivity index is 2.27. The third-order valence-corrected chi connectivity index (χ3v) is 5.91. The molecule has 0 N–H and O–H groups in total. The van der Waals surface area contributed by atoms with Gasteiger partial charge in [0.15, 0.2) is 16.3 Å². The molecule has 0 spiro atoms. The lowest BCUT2D eigenvalue weighted by Gasteiger charge is -2.18. The van der Waals surface area contributed by atoms with E-state index >= 15 is 0 Å². The summed E-state index contributed by atoms with van der Waals surface area (Å²) in [6.45, 7) is 0. The Labute approximate surface area is 158 Å². The standard InChI is InChI=1S/C21H8INO3/c22-9-7-14-18-15(8-9)21(26)13-6-2-4-11-17(13)23(18)16-10(19(11)24)3-1-5-12(16)20(14)25/h1-8H. The number of para-hydroxylation sites is 2. The van der Waals surface area contributed by atoms with Crippen LogP contribution in [0.3, 0.4) is 0 Å².